The zero-order valence-electron chi connectivity index (χ0n) is 12.4. The molecule has 0 spiro atoms. The Balaban J connectivity index is 0.00000400. The number of benzene rings is 1. The van der Waals surface area contributed by atoms with Gasteiger partial charge in [0.05, 0.1) is 6.54 Å². The van der Waals surface area contributed by atoms with Gasteiger partial charge in [-0.3, -0.25) is 4.99 Å². The molecule has 1 rings (SSSR count). The molecule has 2 N–H and O–H groups in total. The smallest absolute Gasteiger partial charge is 0.191 e. The van der Waals surface area contributed by atoms with Crippen molar-refractivity contribution in [1.29, 1.82) is 0 Å². The summed E-state index contributed by atoms with van der Waals surface area (Å²) in [6.45, 7) is 7.99. The molecular weight excluding hydrogens is 417 g/mol. The van der Waals surface area contributed by atoms with Crippen molar-refractivity contribution in [2.75, 3.05) is 25.9 Å². The predicted molar refractivity (Wildman–Crippen MR) is 107 cm³/mol. The lowest BCUT2D eigenvalue weighted by atomic mass is 10.1. The lowest BCUT2D eigenvalue weighted by Crippen LogP contribution is -2.37. The van der Waals surface area contributed by atoms with Gasteiger partial charge in [0.25, 0.3) is 0 Å². The molecule has 0 bridgehead atoms. The van der Waals surface area contributed by atoms with Crippen LogP contribution < -0.4 is 10.6 Å². The van der Waals surface area contributed by atoms with Crippen LogP contribution in [-0.2, 0) is 0 Å². The summed E-state index contributed by atoms with van der Waals surface area (Å²) < 4.78 is 0. The SMILES string of the molecule is C=CCNC(=NCC(SC)c1cccc(Cl)c1)NCC.I. The molecule has 118 valence electrons. The van der Waals surface area contributed by atoms with Crippen LogP contribution in [0, 0.1) is 0 Å². The van der Waals surface area contributed by atoms with E-state index in [-0.39, 0.29) is 24.0 Å². The molecule has 0 fully saturated rings. The topological polar surface area (TPSA) is 36.4 Å². The van der Waals surface area contributed by atoms with Crippen LogP contribution in [0.25, 0.3) is 0 Å². The Morgan fingerprint density at radius 3 is 2.81 bits per heavy atom. The van der Waals surface area contributed by atoms with Crippen molar-refractivity contribution in [2.24, 2.45) is 4.99 Å². The number of thioether (sulfide) groups is 1. The number of aliphatic imine (C=N–C) groups is 1. The second-order valence-corrected chi connectivity index (χ2v) is 5.65. The lowest BCUT2D eigenvalue weighted by molar-refractivity contribution is 0.846. The third kappa shape index (κ3) is 7.97. The molecule has 0 aromatic heterocycles. The number of hydrogen-bond acceptors (Lipinski definition) is 2. The molecule has 0 heterocycles. The minimum atomic E-state index is 0. The largest absolute Gasteiger partial charge is 0.357 e. The minimum absolute atomic E-state index is 0. The highest BCUT2D eigenvalue weighted by atomic mass is 127. The third-order valence-corrected chi connectivity index (χ3v) is 3.90. The molecule has 0 saturated carbocycles. The van der Waals surface area contributed by atoms with Crippen LogP contribution >= 0.6 is 47.3 Å². The van der Waals surface area contributed by atoms with E-state index in [4.69, 9.17) is 11.6 Å². The molecule has 1 aromatic rings. The van der Waals surface area contributed by atoms with E-state index in [0.717, 1.165) is 17.5 Å². The first-order valence-electron chi connectivity index (χ1n) is 6.62. The Bertz CT molecular complexity index is 454. The summed E-state index contributed by atoms with van der Waals surface area (Å²) >= 11 is 7.82. The van der Waals surface area contributed by atoms with E-state index >= 15 is 0 Å². The van der Waals surface area contributed by atoms with E-state index in [1.807, 2.05) is 31.2 Å². The van der Waals surface area contributed by atoms with Crippen molar-refractivity contribution in [3.8, 4) is 0 Å². The molecule has 3 nitrogen and oxygen atoms in total. The highest BCUT2D eigenvalue weighted by Gasteiger charge is 2.10. The first-order valence-corrected chi connectivity index (χ1v) is 8.29. The van der Waals surface area contributed by atoms with E-state index in [0.29, 0.717) is 18.3 Å². The summed E-state index contributed by atoms with van der Waals surface area (Å²) in [7, 11) is 0. The molecule has 0 saturated heterocycles. The monoisotopic (exact) mass is 439 g/mol. The fraction of sp³-hybridized carbons (Fsp3) is 0.400. The van der Waals surface area contributed by atoms with Crippen LogP contribution in [0.3, 0.4) is 0 Å². The number of halogens is 2. The highest BCUT2D eigenvalue weighted by Crippen LogP contribution is 2.28. The number of guanidine groups is 1. The van der Waals surface area contributed by atoms with Crippen molar-refractivity contribution in [1.82, 2.24) is 10.6 Å². The molecule has 1 aromatic carbocycles. The molecular formula is C15H23ClIN3S. The Hall–Kier alpha value is -0.400. The molecule has 0 aliphatic heterocycles. The zero-order chi connectivity index (χ0) is 14.8. The minimum Gasteiger partial charge on any atom is -0.357 e. The van der Waals surface area contributed by atoms with Gasteiger partial charge < -0.3 is 10.6 Å². The van der Waals surface area contributed by atoms with Gasteiger partial charge in [0.1, 0.15) is 0 Å². The van der Waals surface area contributed by atoms with Crippen molar-refractivity contribution in [3.05, 3.63) is 47.5 Å². The highest BCUT2D eigenvalue weighted by molar-refractivity contribution is 14.0. The number of nitrogens with zero attached hydrogens (tertiary/aromatic N) is 1. The molecule has 0 radical (unpaired) electrons. The average Bonchev–Trinajstić information content (AvgIpc) is 2.45. The van der Waals surface area contributed by atoms with Crippen LogP contribution in [-0.4, -0.2) is 31.8 Å². The number of rotatable bonds is 7. The normalized spacial score (nSPS) is 12.2. The van der Waals surface area contributed by atoms with Crippen molar-refractivity contribution >= 4 is 53.3 Å². The second kappa shape index (κ2) is 12.2. The second-order valence-electron chi connectivity index (χ2n) is 4.17. The Morgan fingerprint density at radius 2 is 2.24 bits per heavy atom. The fourth-order valence-corrected chi connectivity index (χ4v) is 2.55. The number of hydrogen-bond donors (Lipinski definition) is 2. The first-order chi connectivity index (χ1) is 9.71. The summed E-state index contributed by atoms with van der Waals surface area (Å²) in [4.78, 5) is 4.61. The Labute approximate surface area is 154 Å². The van der Waals surface area contributed by atoms with Crippen LogP contribution in [0.2, 0.25) is 5.02 Å². The van der Waals surface area contributed by atoms with Gasteiger partial charge in [0.15, 0.2) is 5.96 Å². The first kappa shape index (κ1) is 20.6. The summed E-state index contributed by atoms with van der Waals surface area (Å²) in [6, 6.07) is 7.96. The molecule has 0 amide bonds. The van der Waals surface area contributed by atoms with Crippen molar-refractivity contribution in [3.63, 3.8) is 0 Å². The quantitative estimate of drug-likeness (QED) is 0.291. The molecule has 6 heteroatoms. The summed E-state index contributed by atoms with van der Waals surface area (Å²) in [5.74, 6) is 0.813. The molecule has 1 atom stereocenters. The fourth-order valence-electron chi connectivity index (χ4n) is 1.71. The van der Waals surface area contributed by atoms with Crippen LogP contribution in [0.15, 0.2) is 41.9 Å². The maximum absolute atomic E-state index is 6.05. The third-order valence-electron chi connectivity index (χ3n) is 2.68. The summed E-state index contributed by atoms with van der Waals surface area (Å²) in [5.41, 5.74) is 1.20. The zero-order valence-corrected chi connectivity index (χ0v) is 16.3. The van der Waals surface area contributed by atoms with Crippen molar-refractivity contribution in [2.45, 2.75) is 12.2 Å². The van der Waals surface area contributed by atoms with Gasteiger partial charge in [0.2, 0.25) is 0 Å². The van der Waals surface area contributed by atoms with Gasteiger partial charge in [0, 0.05) is 23.4 Å². The van der Waals surface area contributed by atoms with E-state index < -0.39 is 0 Å². The van der Waals surface area contributed by atoms with Crippen LogP contribution in [0.4, 0.5) is 0 Å². The predicted octanol–water partition coefficient (Wildman–Crippen LogP) is 4.10. The van der Waals surface area contributed by atoms with Gasteiger partial charge in [-0.1, -0.05) is 29.8 Å². The maximum Gasteiger partial charge on any atom is 0.191 e. The molecule has 21 heavy (non-hydrogen) atoms. The van der Waals surface area contributed by atoms with Gasteiger partial charge in [-0.15, -0.1) is 30.6 Å². The standard InChI is InChI=1S/C15H22ClN3S.HI/c1-4-9-18-15(17-5-2)19-11-14(20-3)12-7-6-8-13(16)10-12;/h4,6-8,10,14H,1,5,9,11H2,2-3H3,(H2,17,18,19);1H. The Morgan fingerprint density at radius 1 is 1.48 bits per heavy atom. The lowest BCUT2D eigenvalue weighted by Gasteiger charge is -2.15. The maximum atomic E-state index is 6.05. The van der Waals surface area contributed by atoms with Gasteiger partial charge >= 0.3 is 0 Å². The van der Waals surface area contributed by atoms with E-state index in [1.54, 1.807) is 11.8 Å². The van der Waals surface area contributed by atoms with E-state index in [9.17, 15) is 0 Å². The summed E-state index contributed by atoms with van der Waals surface area (Å²) in [6.07, 6.45) is 3.90. The number of nitrogens with one attached hydrogen (secondary N) is 2. The van der Waals surface area contributed by atoms with Gasteiger partial charge in [-0.05, 0) is 30.9 Å². The van der Waals surface area contributed by atoms with E-state index in [1.165, 1.54) is 5.56 Å². The molecule has 1 unspecified atom stereocenters. The summed E-state index contributed by atoms with van der Waals surface area (Å²) in [5, 5.41) is 7.48. The van der Waals surface area contributed by atoms with Gasteiger partial charge in [-0.25, -0.2) is 0 Å². The average molecular weight is 440 g/mol. The Kier molecular flexibility index (Phi) is 11.9. The molecule has 0 aliphatic carbocycles. The van der Waals surface area contributed by atoms with Crippen LogP contribution in [0.5, 0.6) is 0 Å². The van der Waals surface area contributed by atoms with Crippen LogP contribution in [0.1, 0.15) is 17.7 Å². The van der Waals surface area contributed by atoms with E-state index in [2.05, 4.69) is 34.5 Å². The molecule has 0 aliphatic rings. The van der Waals surface area contributed by atoms with Crippen molar-refractivity contribution < 1.29 is 0 Å². The van der Waals surface area contributed by atoms with Gasteiger partial charge in [-0.2, -0.15) is 11.8 Å².